The number of nitrogen functional groups attached to an aromatic ring is 1. The molecule has 0 fully saturated rings. The van der Waals surface area contributed by atoms with E-state index in [2.05, 4.69) is 19.9 Å². The molecule has 16 heavy (non-hydrogen) atoms. The van der Waals surface area contributed by atoms with Crippen LogP contribution in [-0.4, -0.2) is 19.9 Å². The summed E-state index contributed by atoms with van der Waals surface area (Å²) in [6.45, 7) is 0. The van der Waals surface area contributed by atoms with Gasteiger partial charge in [-0.25, -0.2) is 9.97 Å². The monoisotopic (exact) mass is 211 g/mol. The third-order valence-corrected chi connectivity index (χ3v) is 2.38. The zero-order chi connectivity index (χ0) is 11.0. The highest BCUT2D eigenvalue weighted by molar-refractivity contribution is 5.77. The van der Waals surface area contributed by atoms with Crippen LogP contribution >= 0.6 is 0 Å². The summed E-state index contributed by atoms with van der Waals surface area (Å²) in [4.78, 5) is 15.7. The number of nitrogens with zero attached hydrogens (tertiary/aromatic N) is 3. The molecule has 5 nitrogen and oxygen atoms in total. The fourth-order valence-electron chi connectivity index (χ4n) is 1.59. The quantitative estimate of drug-likeness (QED) is 0.640. The summed E-state index contributed by atoms with van der Waals surface area (Å²) in [5.74, 6) is 0.461. The molecule has 0 atom stereocenters. The Balaban J connectivity index is 2.22. The number of aromatic nitrogens is 4. The molecule has 0 saturated carbocycles. The van der Waals surface area contributed by atoms with E-state index >= 15 is 0 Å². The van der Waals surface area contributed by atoms with Gasteiger partial charge in [0.1, 0.15) is 11.3 Å². The van der Waals surface area contributed by atoms with Crippen molar-refractivity contribution < 1.29 is 0 Å². The second kappa shape index (κ2) is 3.30. The maximum Gasteiger partial charge on any atom is 0.156 e. The highest BCUT2D eigenvalue weighted by Gasteiger charge is 2.06. The lowest BCUT2D eigenvalue weighted by Gasteiger charge is -2.02. The normalized spacial score (nSPS) is 10.8. The average molecular weight is 211 g/mol. The van der Waals surface area contributed by atoms with Gasteiger partial charge in [-0.05, 0) is 18.2 Å². The number of H-pyrrole nitrogens is 1. The van der Waals surface area contributed by atoms with E-state index in [0.717, 1.165) is 22.4 Å². The van der Waals surface area contributed by atoms with E-state index in [0.29, 0.717) is 5.82 Å². The Labute approximate surface area is 91.4 Å². The minimum Gasteiger partial charge on any atom is -0.383 e. The first-order valence-electron chi connectivity index (χ1n) is 4.85. The molecule has 3 aromatic rings. The molecule has 0 spiro atoms. The Kier molecular flexibility index (Phi) is 1.83. The van der Waals surface area contributed by atoms with Gasteiger partial charge in [-0.2, -0.15) is 0 Å². The molecule has 0 aliphatic carbocycles. The van der Waals surface area contributed by atoms with Crippen molar-refractivity contribution in [2.45, 2.75) is 0 Å². The Hall–Kier alpha value is -2.43. The number of hydrogen-bond acceptors (Lipinski definition) is 4. The summed E-state index contributed by atoms with van der Waals surface area (Å²) in [6.07, 6.45) is 5.16. The number of nitrogens with one attached hydrogen (secondary N) is 1. The van der Waals surface area contributed by atoms with E-state index < -0.39 is 0 Å². The first-order chi connectivity index (χ1) is 7.84. The average Bonchev–Trinajstić information content (AvgIpc) is 2.76. The fraction of sp³-hybridized carbons (Fsp3) is 0. The summed E-state index contributed by atoms with van der Waals surface area (Å²) < 4.78 is 0. The number of pyridine rings is 1. The highest BCUT2D eigenvalue weighted by atomic mass is 14.9. The molecule has 0 saturated heterocycles. The minimum absolute atomic E-state index is 0.461. The van der Waals surface area contributed by atoms with Crippen LogP contribution in [-0.2, 0) is 0 Å². The number of hydrogen-bond donors (Lipinski definition) is 2. The first-order valence-corrected chi connectivity index (χ1v) is 4.85. The van der Waals surface area contributed by atoms with Crippen LogP contribution in [0.3, 0.4) is 0 Å². The Morgan fingerprint density at radius 3 is 3.00 bits per heavy atom. The minimum atomic E-state index is 0.461. The molecule has 0 aromatic carbocycles. The van der Waals surface area contributed by atoms with E-state index in [1.54, 1.807) is 18.6 Å². The fourth-order valence-corrected chi connectivity index (χ4v) is 1.59. The van der Waals surface area contributed by atoms with Gasteiger partial charge in [-0.3, -0.25) is 4.98 Å². The Bertz CT molecular complexity index is 643. The van der Waals surface area contributed by atoms with Crippen LogP contribution < -0.4 is 5.73 Å². The van der Waals surface area contributed by atoms with Crippen molar-refractivity contribution in [1.29, 1.82) is 0 Å². The van der Waals surface area contributed by atoms with E-state index in [9.17, 15) is 0 Å². The van der Waals surface area contributed by atoms with Crippen molar-refractivity contribution in [2.24, 2.45) is 0 Å². The van der Waals surface area contributed by atoms with Crippen LogP contribution in [0.25, 0.3) is 22.4 Å². The lowest BCUT2D eigenvalue weighted by molar-refractivity contribution is 1.25. The van der Waals surface area contributed by atoms with Crippen LogP contribution in [0.1, 0.15) is 0 Å². The lowest BCUT2D eigenvalue weighted by atomic mass is 10.2. The predicted octanol–water partition coefficient (Wildman–Crippen LogP) is 1.60. The predicted molar refractivity (Wildman–Crippen MR) is 61.5 cm³/mol. The lowest BCUT2D eigenvalue weighted by Crippen LogP contribution is -1.95. The topological polar surface area (TPSA) is 80.5 Å². The molecular weight excluding hydrogens is 202 g/mol. The van der Waals surface area contributed by atoms with Crippen molar-refractivity contribution in [2.75, 3.05) is 5.73 Å². The SMILES string of the molecule is Nc1ncccc1-c1cnc2cc[nH]c2n1. The summed E-state index contributed by atoms with van der Waals surface area (Å²) in [6, 6.07) is 5.58. The summed E-state index contributed by atoms with van der Waals surface area (Å²) in [7, 11) is 0. The standard InChI is InChI=1S/C11H9N5/c12-10-7(2-1-4-13-10)9-6-15-8-3-5-14-11(8)16-9/h1-6H,(H2,12,13)(H,14,16). The highest BCUT2D eigenvalue weighted by Crippen LogP contribution is 2.22. The third-order valence-electron chi connectivity index (χ3n) is 2.38. The van der Waals surface area contributed by atoms with Crippen LogP contribution in [0.5, 0.6) is 0 Å². The van der Waals surface area contributed by atoms with Gasteiger partial charge in [0.05, 0.1) is 11.9 Å². The molecule has 3 rings (SSSR count). The smallest absolute Gasteiger partial charge is 0.156 e. The van der Waals surface area contributed by atoms with Gasteiger partial charge in [0, 0.05) is 18.0 Å². The van der Waals surface area contributed by atoms with Crippen molar-refractivity contribution in [1.82, 2.24) is 19.9 Å². The maximum absolute atomic E-state index is 5.78. The number of aromatic amines is 1. The van der Waals surface area contributed by atoms with Gasteiger partial charge in [0.2, 0.25) is 0 Å². The number of rotatable bonds is 1. The Morgan fingerprint density at radius 1 is 1.19 bits per heavy atom. The number of fused-ring (bicyclic) bond motifs is 1. The molecule has 0 unspecified atom stereocenters. The van der Waals surface area contributed by atoms with E-state index in [1.165, 1.54) is 0 Å². The summed E-state index contributed by atoms with van der Waals surface area (Å²) >= 11 is 0. The molecule has 0 aliphatic heterocycles. The summed E-state index contributed by atoms with van der Waals surface area (Å²) in [5, 5.41) is 0. The van der Waals surface area contributed by atoms with Crippen molar-refractivity contribution in [3.63, 3.8) is 0 Å². The van der Waals surface area contributed by atoms with Gasteiger partial charge in [-0.15, -0.1) is 0 Å². The first kappa shape index (κ1) is 8.84. The van der Waals surface area contributed by atoms with E-state index in [1.807, 2.05) is 18.2 Å². The van der Waals surface area contributed by atoms with Crippen LogP contribution in [0.4, 0.5) is 5.82 Å². The van der Waals surface area contributed by atoms with Crippen LogP contribution in [0, 0.1) is 0 Å². The second-order valence-electron chi connectivity index (χ2n) is 3.40. The molecule has 3 N–H and O–H groups in total. The molecule has 0 bridgehead atoms. The zero-order valence-corrected chi connectivity index (χ0v) is 8.38. The third kappa shape index (κ3) is 1.30. The molecular formula is C11H9N5. The van der Waals surface area contributed by atoms with Gasteiger partial charge >= 0.3 is 0 Å². The molecule has 5 heteroatoms. The Morgan fingerprint density at radius 2 is 2.12 bits per heavy atom. The van der Waals surface area contributed by atoms with Gasteiger partial charge < -0.3 is 10.7 Å². The van der Waals surface area contributed by atoms with Crippen molar-refractivity contribution in [3.8, 4) is 11.3 Å². The summed E-state index contributed by atoms with van der Waals surface area (Å²) in [5.41, 5.74) is 8.89. The molecule has 0 aliphatic rings. The molecule has 0 amide bonds. The van der Waals surface area contributed by atoms with Crippen molar-refractivity contribution in [3.05, 3.63) is 36.8 Å². The second-order valence-corrected chi connectivity index (χ2v) is 3.40. The van der Waals surface area contributed by atoms with E-state index in [-0.39, 0.29) is 0 Å². The van der Waals surface area contributed by atoms with Gasteiger partial charge in [0.15, 0.2) is 5.65 Å². The molecule has 3 heterocycles. The largest absolute Gasteiger partial charge is 0.383 e. The zero-order valence-electron chi connectivity index (χ0n) is 8.38. The van der Waals surface area contributed by atoms with Crippen molar-refractivity contribution >= 4 is 17.0 Å². The number of anilines is 1. The van der Waals surface area contributed by atoms with E-state index in [4.69, 9.17) is 5.73 Å². The van der Waals surface area contributed by atoms with Gasteiger partial charge in [-0.1, -0.05) is 0 Å². The molecule has 3 aromatic heterocycles. The number of nitrogens with two attached hydrogens (primary N) is 1. The molecule has 78 valence electrons. The van der Waals surface area contributed by atoms with Crippen LogP contribution in [0.2, 0.25) is 0 Å². The maximum atomic E-state index is 5.78. The van der Waals surface area contributed by atoms with Gasteiger partial charge in [0.25, 0.3) is 0 Å². The van der Waals surface area contributed by atoms with Crippen LogP contribution in [0.15, 0.2) is 36.8 Å². The molecule has 0 radical (unpaired) electrons.